The van der Waals surface area contributed by atoms with Crippen LogP contribution >= 0.6 is 11.6 Å². The molecule has 0 aliphatic rings. The fourth-order valence-corrected chi connectivity index (χ4v) is 2.25. The monoisotopic (exact) mass is 411 g/mol. The van der Waals surface area contributed by atoms with Crippen molar-refractivity contribution in [3.8, 4) is 0 Å². The summed E-state index contributed by atoms with van der Waals surface area (Å²) >= 11 is 5.66. The van der Waals surface area contributed by atoms with Crippen molar-refractivity contribution in [2.45, 2.75) is 13.0 Å². The molecule has 0 aromatic heterocycles. The molecule has 0 spiro atoms. The molecule has 146 valence electrons. The van der Waals surface area contributed by atoms with E-state index >= 15 is 0 Å². The van der Waals surface area contributed by atoms with Crippen molar-refractivity contribution in [3.63, 3.8) is 0 Å². The fraction of sp³-hybridized carbons (Fsp3) is 0.125. The van der Waals surface area contributed by atoms with Gasteiger partial charge in [-0.05, 0) is 31.2 Å². The Bertz CT molecular complexity index is 983. The first-order chi connectivity index (χ1) is 13.1. The van der Waals surface area contributed by atoms with Gasteiger partial charge in [-0.15, -0.1) is 0 Å². The lowest BCUT2D eigenvalue weighted by atomic mass is 10.2. The number of carbonyl (C=O) groups excluding carboxylic acids is 2. The zero-order valence-corrected chi connectivity index (χ0v) is 14.8. The molecule has 0 radical (unpaired) electrons. The van der Waals surface area contributed by atoms with E-state index in [1.54, 1.807) is 0 Å². The Morgan fingerprint density at radius 3 is 2.36 bits per heavy atom. The van der Waals surface area contributed by atoms with Crippen LogP contribution in [0.5, 0.6) is 0 Å². The van der Waals surface area contributed by atoms with Crippen LogP contribution in [0.15, 0.2) is 36.4 Å². The van der Waals surface area contributed by atoms with Crippen molar-refractivity contribution in [2.24, 2.45) is 0 Å². The zero-order chi connectivity index (χ0) is 21.0. The largest absolute Gasteiger partial charge is 0.449 e. The van der Waals surface area contributed by atoms with Gasteiger partial charge in [-0.3, -0.25) is 25.0 Å². The van der Waals surface area contributed by atoms with Gasteiger partial charge in [-0.1, -0.05) is 11.6 Å². The molecular weight excluding hydrogens is 401 g/mol. The summed E-state index contributed by atoms with van der Waals surface area (Å²) in [4.78, 5) is 44.2. The number of ether oxygens (including phenoxy) is 1. The number of amides is 1. The van der Waals surface area contributed by atoms with Crippen LogP contribution in [0.3, 0.4) is 0 Å². The highest BCUT2D eigenvalue weighted by atomic mass is 35.5. The Hall–Kier alpha value is -3.60. The van der Waals surface area contributed by atoms with Crippen LogP contribution in [-0.4, -0.2) is 27.8 Å². The molecule has 0 aliphatic heterocycles. The molecule has 12 heteroatoms. The predicted molar refractivity (Wildman–Crippen MR) is 94.7 cm³/mol. The number of benzene rings is 2. The van der Waals surface area contributed by atoms with E-state index in [9.17, 15) is 34.2 Å². The summed E-state index contributed by atoms with van der Waals surface area (Å²) in [6, 6.07) is 5.96. The third-order valence-corrected chi connectivity index (χ3v) is 3.67. The molecule has 10 nitrogen and oxygen atoms in total. The number of anilines is 1. The van der Waals surface area contributed by atoms with E-state index < -0.39 is 50.6 Å². The minimum atomic E-state index is -1.41. The normalized spacial score (nSPS) is 11.4. The first-order valence-electron chi connectivity index (χ1n) is 7.50. The van der Waals surface area contributed by atoms with E-state index in [1.165, 1.54) is 13.0 Å². The average Bonchev–Trinajstić information content (AvgIpc) is 2.62. The van der Waals surface area contributed by atoms with Gasteiger partial charge in [0, 0.05) is 22.8 Å². The number of nitrogens with zero attached hydrogens (tertiary/aromatic N) is 2. The first kappa shape index (κ1) is 20.7. The number of carbonyl (C=O) groups is 2. The molecule has 1 N–H and O–H groups in total. The Balaban J connectivity index is 2.13. The zero-order valence-electron chi connectivity index (χ0n) is 14.0. The quantitative estimate of drug-likeness (QED) is 0.435. The van der Waals surface area contributed by atoms with Crippen molar-refractivity contribution < 1.29 is 28.6 Å². The molecule has 2 aromatic carbocycles. The lowest BCUT2D eigenvalue weighted by molar-refractivity contribution is -0.387. The molecule has 1 atom stereocenters. The van der Waals surface area contributed by atoms with Crippen molar-refractivity contribution >= 4 is 40.5 Å². The SMILES string of the molecule is CC(OC(=O)c1ccc(Cl)cc1[N+](=O)[O-])C(=O)Nc1ccc(F)c([N+](=O)[O-])c1. The number of rotatable bonds is 6. The van der Waals surface area contributed by atoms with Crippen LogP contribution in [0, 0.1) is 26.0 Å². The molecular formula is C16H11ClFN3O7. The van der Waals surface area contributed by atoms with Gasteiger partial charge in [0.1, 0.15) is 5.56 Å². The van der Waals surface area contributed by atoms with E-state index in [-0.39, 0.29) is 10.7 Å². The number of nitrogens with one attached hydrogen (secondary N) is 1. The molecule has 1 amide bonds. The second-order valence-electron chi connectivity index (χ2n) is 5.38. The lowest BCUT2D eigenvalue weighted by Crippen LogP contribution is -2.30. The molecule has 2 rings (SSSR count). The smallest absolute Gasteiger partial charge is 0.345 e. The van der Waals surface area contributed by atoms with Crippen molar-refractivity contribution in [1.29, 1.82) is 0 Å². The van der Waals surface area contributed by atoms with Gasteiger partial charge >= 0.3 is 11.7 Å². The molecule has 2 aromatic rings. The van der Waals surface area contributed by atoms with E-state index in [0.29, 0.717) is 0 Å². The molecule has 28 heavy (non-hydrogen) atoms. The van der Waals surface area contributed by atoms with Crippen LogP contribution in [0.25, 0.3) is 0 Å². The molecule has 0 saturated carbocycles. The number of hydrogen-bond acceptors (Lipinski definition) is 7. The summed E-state index contributed by atoms with van der Waals surface area (Å²) < 4.78 is 18.2. The Morgan fingerprint density at radius 1 is 1.11 bits per heavy atom. The third kappa shape index (κ3) is 4.76. The fourth-order valence-electron chi connectivity index (χ4n) is 2.08. The molecule has 0 heterocycles. The number of esters is 1. The lowest BCUT2D eigenvalue weighted by Gasteiger charge is -2.13. The summed E-state index contributed by atoms with van der Waals surface area (Å²) in [5, 5.41) is 24.0. The first-order valence-corrected chi connectivity index (χ1v) is 7.87. The van der Waals surface area contributed by atoms with Gasteiger partial charge in [0.25, 0.3) is 11.6 Å². The minimum absolute atomic E-state index is 0.0342. The second-order valence-corrected chi connectivity index (χ2v) is 5.82. The van der Waals surface area contributed by atoms with Crippen LogP contribution in [0.4, 0.5) is 21.5 Å². The molecule has 0 saturated heterocycles. The standard InChI is InChI=1S/C16H11ClFN3O7/c1-8(15(22)19-10-3-5-12(18)14(7-10)21(26)27)28-16(23)11-4-2-9(17)6-13(11)20(24)25/h2-8H,1H3,(H,19,22). The van der Waals surface area contributed by atoms with Crippen molar-refractivity contribution in [2.75, 3.05) is 5.32 Å². The third-order valence-electron chi connectivity index (χ3n) is 3.44. The summed E-state index contributed by atoms with van der Waals surface area (Å²) in [6.07, 6.45) is -1.41. The second kappa shape index (κ2) is 8.39. The number of nitro benzene ring substituents is 2. The number of hydrogen-bond donors (Lipinski definition) is 1. The summed E-state index contributed by atoms with van der Waals surface area (Å²) in [5.41, 5.74) is -1.96. The summed E-state index contributed by atoms with van der Waals surface area (Å²) in [7, 11) is 0. The van der Waals surface area contributed by atoms with Gasteiger partial charge in [0.2, 0.25) is 5.82 Å². The van der Waals surface area contributed by atoms with E-state index in [2.05, 4.69) is 5.32 Å². The Morgan fingerprint density at radius 2 is 1.75 bits per heavy atom. The van der Waals surface area contributed by atoms with Crippen molar-refractivity contribution in [3.05, 3.63) is 73.0 Å². The molecule has 0 aliphatic carbocycles. The molecule has 0 bridgehead atoms. The highest BCUT2D eigenvalue weighted by molar-refractivity contribution is 6.31. The Kier molecular flexibility index (Phi) is 6.21. The molecule has 0 fully saturated rings. The Labute approximate surface area is 161 Å². The van der Waals surface area contributed by atoms with Crippen LogP contribution in [-0.2, 0) is 9.53 Å². The van der Waals surface area contributed by atoms with Gasteiger partial charge in [-0.2, -0.15) is 4.39 Å². The van der Waals surface area contributed by atoms with Crippen LogP contribution < -0.4 is 5.32 Å². The minimum Gasteiger partial charge on any atom is -0.449 e. The van der Waals surface area contributed by atoms with Crippen LogP contribution in [0.2, 0.25) is 5.02 Å². The van der Waals surface area contributed by atoms with Crippen LogP contribution in [0.1, 0.15) is 17.3 Å². The maximum atomic E-state index is 13.3. The van der Waals surface area contributed by atoms with Gasteiger partial charge in [0.15, 0.2) is 6.10 Å². The van der Waals surface area contributed by atoms with E-state index in [4.69, 9.17) is 16.3 Å². The number of nitro groups is 2. The van der Waals surface area contributed by atoms with Crippen molar-refractivity contribution in [1.82, 2.24) is 0 Å². The maximum Gasteiger partial charge on any atom is 0.345 e. The number of halogens is 2. The molecule has 1 unspecified atom stereocenters. The predicted octanol–water partition coefficient (Wildman–Crippen LogP) is 3.48. The highest BCUT2D eigenvalue weighted by Gasteiger charge is 2.26. The summed E-state index contributed by atoms with van der Waals surface area (Å²) in [5.74, 6) is -3.11. The topological polar surface area (TPSA) is 142 Å². The van der Waals surface area contributed by atoms with E-state index in [1.807, 2.05) is 0 Å². The summed E-state index contributed by atoms with van der Waals surface area (Å²) in [6.45, 7) is 1.19. The average molecular weight is 412 g/mol. The highest BCUT2D eigenvalue weighted by Crippen LogP contribution is 2.25. The van der Waals surface area contributed by atoms with Gasteiger partial charge in [0.05, 0.1) is 9.85 Å². The van der Waals surface area contributed by atoms with E-state index in [0.717, 1.165) is 30.3 Å². The van der Waals surface area contributed by atoms with Gasteiger partial charge < -0.3 is 10.1 Å². The van der Waals surface area contributed by atoms with Gasteiger partial charge in [-0.25, -0.2) is 4.79 Å². The maximum absolute atomic E-state index is 13.3.